The van der Waals surface area contributed by atoms with Crippen LogP contribution in [0.15, 0.2) is 12.5 Å². The van der Waals surface area contributed by atoms with Gasteiger partial charge in [0.1, 0.15) is 12.1 Å². The Bertz CT molecular complexity index is 272. The number of aromatic nitrogens is 2. The van der Waals surface area contributed by atoms with Crippen LogP contribution in [0.25, 0.3) is 0 Å². The van der Waals surface area contributed by atoms with E-state index in [1.807, 2.05) is 0 Å². The molecular weight excluding hydrogens is 142 g/mol. The number of carbonyl (C=O) groups is 1. The first-order valence-electron chi connectivity index (χ1n) is 3.24. The highest BCUT2D eigenvalue weighted by atomic mass is 16.1. The first-order valence-corrected chi connectivity index (χ1v) is 3.24. The standard InChI is InChI=1S/C7H9N3O/c1-5(11)6-3-9-4-10-7(6)8-2/h3-4H,1-2H3,(H,8,9,10). The lowest BCUT2D eigenvalue weighted by Gasteiger charge is -2.01. The van der Waals surface area contributed by atoms with E-state index < -0.39 is 0 Å². The third kappa shape index (κ3) is 1.52. The predicted octanol–water partition coefficient (Wildman–Crippen LogP) is 0.721. The Morgan fingerprint density at radius 3 is 2.82 bits per heavy atom. The van der Waals surface area contributed by atoms with E-state index in [9.17, 15) is 4.79 Å². The van der Waals surface area contributed by atoms with Crippen LogP contribution in [0, 0.1) is 0 Å². The molecule has 0 radical (unpaired) electrons. The zero-order valence-electron chi connectivity index (χ0n) is 6.46. The van der Waals surface area contributed by atoms with E-state index in [2.05, 4.69) is 15.3 Å². The molecule has 0 unspecified atom stereocenters. The Kier molecular flexibility index (Phi) is 2.15. The van der Waals surface area contributed by atoms with E-state index in [0.29, 0.717) is 11.4 Å². The second kappa shape index (κ2) is 3.09. The highest BCUT2D eigenvalue weighted by Gasteiger charge is 2.05. The van der Waals surface area contributed by atoms with Crippen molar-refractivity contribution in [2.24, 2.45) is 0 Å². The molecule has 0 amide bonds. The summed E-state index contributed by atoms with van der Waals surface area (Å²) >= 11 is 0. The average molecular weight is 151 g/mol. The van der Waals surface area contributed by atoms with E-state index in [1.165, 1.54) is 19.4 Å². The maximum absolute atomic E-state index is 10.9. The molecule has 0 fully saturated rings. The summed E-state index contributed by atoms with van der Waals surface area (Å²) in [4.78, 5) is 18.5. The fourth-order valence-corrected chi connectivity index (χ4v) is 0.786. The van der Waals surface area contributed by atoms with Crippen molar-refractivity contribution >= 4 is 11.6 Å². The van der Waals surface area contributed by atoms with E-state index in [4.69, 9.17) is 0 Å². The molecule has 0 aliphatic carbocycles. The van der Waals surface area contributed by atoms with Gasteiger partial charge in [0.25, 0.3) is 0 Å². The van der Waals surface area contributed by atoms with Gasteiger partial charge in [0, 0.05) is 13.2 Å². The largest absolute Gasteiger partial charge is 0.372 e. The second-order valence-corrected chi connectivity index (χ2v) is 2.09. The fraction of sp³-hybridized carbons (Fsp3) is 0.286. The Labute approximate surface area is 64.7 Å². The van der Waals surface area contributed by atoms with Crippen LogP contribution < -0.4 is 5.32 Å². The number of carbonyl (C=O) groups excluding carboxylic acids is 1. The average Bonchev–Trinajstić information content (AvgIpc) is 2.04. The molecule has 1 aromatic rings. The molecule has 1 rings (SSSR count). The van der Waals surface area contributed by atoms with Crippen molar-refractivity contribution in [3.8, 4) is 0 Å². The first-order chi connectivity index (χ1) is 5.25. The molecule has 4 nitrogen and oxygen atoms in total. The van der Waals surface area contributed by atoms with Gasteiger partial charge in [-0.15, -0.1) is 0 Å². The Morgan fingerprint density at radius 2 is 2.36 bits per heavy atom. The second-order valence-electron chi connectivity index (χ2n) is 2.09. The van der Waals surface area contributed by atoms with E-state index in [1.54, 1.807) is 7.05 Å². The molecule has 58 valence electrons. The number of nitrogens with one attached hydrogen (secondary N) is 1. The molecule has 1 N–H and O–H groups in total. The van der Waals surface area contributed by atoms with Crippen LogP contribution in [0.5, 0.6) is 0 Å². The van der Waals surface area contributed by atoms with Crippen LogP contribution in [-0.2, 0) is 0 Å². The zero-order chi connectivity index (χ0) is 8.27. The molecule has 0 saturated carbocycles. The van der Waals surface area contributed by atoms with E-state index in [-0.39, 0.29) is 5.78 Å². The minimum Gasteiger partial charge on any atom is -0.372 e. The SMILES string of the molecule is CNc1ncncc1C(C)=O. The first kappa shape index (κ1) is 7.65. The summed E-state index contributed by atoms with van der Waals surface area (Å²) in [6.45, 7) is 1.49. The minimum atomic E-state index is -0.0325. The van der Waals surface area contributed by atoms with E-state index in [0.717, 1.165) is 0 Å². The summed E-state index contributed by atoms with van der Waals surface area (Å²) in [5.74, 6) is 0.544. The summed E-state index contributed by atoms with van der Waals surface area (Å²) < 4.78 is 0. The van der Waals surface area contributed by atoms with Gasteiger partial charge in [-0.3, -0.25) is 4.79 Å². The van der Waals surface area contributed by atoms with Crippen molar-refractivity contribution < 1.29 is 4.79 Å². The number of Topliss-reactive ketones (excluding diaryl/α,β-unsaturated/α-hetero) is 1. The fourth-order valence-electron chi connectivity index (χ4n) is 0.786. The Morgan fingerprint density at radius 1 is 1.64 bits per heavy atom. The smallest absolute Gasteiger partial charge is 0.165 e. The molecule has 0 atom stereocenters. The Balaban J connectivity index is 3.12. The molecule has 1 heterocycles. The molecule has 0 saturated heterocycles. The van der Waals surface area contributed by atoms with Gasteiger partial charge in [-0.1, -0.05) is 0 Å². The lowest BCUT2D eigenvalue weighted by molar-refractivity contribution is 0.101. The third-order valence-corrected chi connectivity index (χ3v) is 1.33. The van der Waals surface area contributed by atoms with Crippen LogP contribution in [0.2, 0.25) is 0 Å². The summed E-state index contributed by atoms with van der Waals surface area (Å²) in [6.07, 6.45) is 2.90. The molecular formula is C7H9N3O. The number of anilines is 1. The summed E-state index contributed by atoms with van der Waals surface area (Å²) in [5.41, 5.74) is 0.523. The number of hydrogen-bond donors (Lipinski definition) is 1. The molecule has 1 aromatic heterocycles. The van der Waals surface area contributed by atoms with Crippen LogP contribution in [0.1, 0.15) is 17.3 Å². The normalized spacial score (nSPS) is 9.27. The van der Waals surface area contributed by atoms with Gasteiger partial charge >= 0.3 is 0 Å². The molecule has 0 bridgehead atoms. The Hall–Kier alpha value is -1.45. The maximum atomic E-state index is 10.9. The number of ketones is 1. The summed E-state index contributed by atoms with van der Waals surface area (Å²) in [6, 6.07) is 0. The molecule has 4 heteroatoms. The number of nitrogens with zero attached hydrogens (tertiary/aromatic N) is 2. The summed E-state index contributed by atoms with van der Waals surface area (Å²) in [5, 5.41) is 2.80. The quantitative estimate of drug-likeness (QED) is 0.633. The minimum absolute atomic E-state index is 0.0325. The van der Waals surface area contributed by atoms with Gasteiger partial charge in [0.05, 0.1) is 5.56 Å². The third-order valence-electron chi connectivity index (χ3n) is 1.33. The van der Waals surface area contributed by atoms with Crippen LogP contribution in [0.3, 0.4) is 0 Å². The lowest BCUT2D eigenvalue weighted by atomic mass is 10.2. The van der Waals surface area contributed by atoms with Crippen molar-refractivity contribution in [1.82, 2.24) is 9.97 Å². The molecule has 0 aliphatic heterocycles. The van der Waals surface area contributed by atoms with Crippen LogP contribution in [-0.4, -0.2) is 22.8 Å². The summed E-state index contributed by atoms with van der Waals surface area (Å²) in [7, 11) is 1.72. The van der Waals surface area contributed by atoms with Gasteiger partial charge in [-0.05, 0) is 6.92 Å². The van der Waals surface area contributed by atoms with Crippen LogP contribution in [0.4, 0.5) is 5.82 Å². The number of hydrogen-bond acceptors (Lipinski definition) is 4. The molecule has 0 aliphatic rings. The lowest BCUT2D eigenvalue weighted by Crippen LogP contribution is -2.02. The van der Waals surface area contributed by atoms with Crippen molar-refractivity contribution in [2.45, 2.75) is 6.92 Å². The van der Waals surface area contributed by atoms with Crippen molar-refractivity contribution in [3.05, 3.63) is 18.1 Å². The molecule has 11 heavy (non-hydrogen) atoms. The highest BCUT2D eigenvalue weighted by Crippen LogP contribution is 2.08. The van der Waals surface area contributed by atoms with E-state index >= 15 is 0 Å². The molecule has 0 aromatic carbocycles. The van der Waals surface area contributed by atoms with Crippen molar-refractivity contribution in [3.63, 3.8) is 0 Å². The number of rotatable bonds is 2. The van der Waals surface area contributed by atoms with Crippen molar-refractivity contribution in [1.29, 1.82) is 0 Å². The predicted molar refractivity (Wildman–Crippen MR) is 41.6 cm³/mol. The van der Waals surface area contributed by atoms with Crippen molar-refractivity contribution in [2.75, 3.05) is 12.4 Å². The van der Waals surface area contributed by atoms with Crippen LogP contribution >= 0.6 is 0 Å². The zero-order valence-corrected chi connectivity index (χ0v) is 6.46. The topological polar surface area (TPSA) is 54.9 Å². The monoisotopic (exact) mass is 151 g/mol. The maximum Gasteiger partial charge on any atom is 0.165 e. The van der Waals surface area contributed by atoms with Gasteiger partial charge in [0.2, 0.25) is 0 Å². The molecule has 0 spiro atoms. The van der Waals surface area contributed by atoms with Gasteiger partial charge in [0.15, 0.2) is 5.78 Å². The van der Waals surface area contributed by atoms with Gasteiger partial charge in [-0.2, -0.15) is 0 Å². The van der Waals surface area contributed by atoms with Gasteiger partial charge in [-0.25, -0.2) is 9.97 Å². The van der Waals surface area contributed by atoms with Gasteiger partial charge < -0.3 is 5.32 Å². The highest BCUT2D eigenvalue weighted by molar-refractivity contribution is 5.98.